The Hall–Kier alpha value is -0.270. The van der Waals surface area contributed by atoms with E-state index in [0.717, 1.165) is 18.8 Å². The van der Waals surface area contributed by atoms with Crippen LogP contribution in [0, 0.1) is 5.92 Å². The Balaban J connectivity index is 0. The summed E-state index contributed by atoms with van der Waals surface area (Å²) in [5, 5.41) is 3.21. The Labute approximate surface area is 140 Å². The first-order chi connectivity index (χ1) is 9.85. The number of halogens is 1. The zero-order valence-electron chi connectivity index (χ0n) is 14.2. The zero-order chi connectivity index (χ0) is 14.9. The highest BCUT2D eigenvalue weighted by molar-refractivity contribution is 5.85. The molecule has 126 valence electrons. The van der Waals surface area contributed by atoms with Gasteiger partial charge in [-0.15, -0.1) is 25.6 Å². The van der Waals surface area contributed by atoms with E-state index >= 15 is 0 Å². The molecule has 0 unspecified atom stereocenters. The fraction of sp³-hybridized carbons (Fsp3) is 0.789. The molecule has 0 rings (SSSR count). The van der Waals surface area contributed by atoms with Crippen molar-refractivity contribution in [1.29, 1.82) is 0 Å². The molecule has 0 amide bonds. The first-order valence-corrected chi connectivity index (χ1v) is 8.71. The first-order valence-electron chi connectivity index (χ1n) is 8.71. The molecule has 0 radical (unpaired) electrons. The third-order valence-corrected chi connectivity index (χ3v) is 4.04. The second kappa shape index (κ2) is 19.7. The van der Waals surface area contributed by atoms with Gasteiger partial charge < -0.3 is 5.32 Å². The van der Waals surface area contributed by atoms with Crippen molar-refractivity contribution < 1.29 is 0 Å². The van der Waals surface area contributed by atoms with Crippen molar-refractivity contribution in [3.8, 4) is 0 Å². The quantitative estimate of drug-likeness (QED) is 0.260. The lowest BCUT2D eigenvalue weighted by atomic mass is 9.94. The van der Waals surface area contributed by atoms with Crippen molar-refractivity contribution in [2.45, 2.75) is 77.0 Å². The molecule has 1 N–H and O–H groups in total. The third kappa shape index (κ3) is 17.7. The standard InChI is InChI=1S/C19H37N.ClH/c1-4-15-19(16-5-2)17-13-11-9-7-6-8-10-12-14-18-20-3;/h4-5,19-20H,1-2,6-18H2,3H3;1H. The Morgan fingerprint density at radius 3 is 1.62 bits per heavy atom. The predicted octanol–water partition coefficient (Wildman–Crippen LogP) is 6.30. The molecule has 0 aliphatic rings. The first kappa shape index (κ1) is 23.0. The van der Waals surface area contributed by atoms with Crippen LogP contribution in [-0.4, -0.2) is 13.6 Å². The van der Waals surface area contributed by atoms with E-state index in [1.54, 1.807) is 0 Å². The van der Waals surface area contributed by atoms with Crippen molar-refractivity contribution in [2.24, 2.45) is 5.92 Å². The predicted molar refractivity (Wildman–Crippen MR) is 100 cm³/mol. The molecular formula is C19H38ClN. The minimum atomic E-state index is 0. The normalized spacial score (nSPS) is 10.4. The van der Waals surface area contributed by atoms with Gasteiger partial charge in [0.05, 0.1) is 0 Å². The van der Waals surface area contributed by atoms with Gasteiger partial charge in [0.15, 0.2) is 0 Å². The summed E-state index contributed by atoms with van der Waals surface area (Å²) in [6.45, 7) is 8.88. The van der Waals surface area contributed by atoms with E-state index in [2.05, 4.69) is 30.6 Å². The van der Waals surface area contributed by atoms with E-state index in [9.17, 15) is 0 Å². The molecule has 0 bridgehead atoms. The Kier molecular flexibility index (Phi) is 21.6. The molecule has 0 spiro atoms. The van der Waals surface area contributed by atoms with E-state index < -0.39 is 0 Å². The highest BCUT2D eigenvalue weighted by atomic mass is 35.5. The summed E-state index contributed by atoms with van der Waals surface area (Å²) >= 11 is 0. The molecule has 0 fully saturated rings. The molecule has 1 nitrogen and oxygen atoms in total. The van der Waals surface area contributed by atoms with Crippen molar-refractivity contribution in [1.82, 2.24) is 5.32 Å². The van der Waals surface area contributed by atoms with Crippen molar-refractivity contribution in [3.05, 3.63) is 25.3 Å². The van der Waals surface area contributed by atoms with E-state index in [1.165, 1.54) is 70.8 Å². The van der Waals surface area contributed by atoms with Crippen LogP contribution >= 0.6 is 12.4 Å². The van der Waals surface area contributed by atoms with Gasteiger partial charge in [0.25, 0.3) is 0 Å². The van der Waals surface area contributed by atoms with Crippen LogP contribution in [0.4, 0.5) is 0 Å². The smallest absolute Gasteiger partial charge is 0.00519 e. The Morgan fingerprint density at radius 2 is 1.19 bits per heavy atom. The van der Waals surface area contributed by atoms with Gasteiger partial charge in [-0.25, -0.2) is 0 Å². The van der Waals surface area contributed by atoms with Gasteiger partial charge in [-0.1, -0.05) is 63.5 Å². The summed E-state index contributed by atoms with van der Waals surface area (Å²) in [6.07, 6.45) is 20.4. The monoisotopic (exact) mass is 315 g/mol. The molecule has 0 aromatic carbocycles. The van der Waals surface area contributed by atoms with Crippen LogP contribution in [0.3, 0.4) is 0 Å². The fourth-order valence-electron chi connectivity index (χ4n) is 2.78. The third-order valence-electron chi connectivity index (χ3n) is 4.04. The molecule has 21 heavy (non-hydrogen) atoms. The lowest BCUT2D eigenvalue weighted by molar-refractivity contribution is 0.456. The number of rotatable bonds is 16. The van der Waals surface area contributed by atoms with Crippen LogP contribution in [-0.2, 0) is 0 Å². The maximum absolute atomic E-state index is 3.85. The average Bonchev–Trinajstić information content (AvgIpc) is 2.45. The fourth-order valence-corrected chi connectivity index (χ4v) is 2.78. The summed E-state index contributed by atoms with van der Waals surface area (Å²) in [7, 11) is 2.04. The summed E-state index contributed by atoms with van der Waals surface area (Å²) in [5.41, 5.74) is 0. The summed E-state index contributed by atoms with van der Waals surface area (Å²) < 4.78 is 0. The second-order valence-corrected chi connectivity index (χ2v) is 5.99. The topological polar surface area (TPSA) is 12.0 Å². The lowest BCUT2D eigenvalue weighted by Crippen LogP contribution is -2.06. The molecule has 0 heterocycles. The highest BCUT2D eigenvalue weighted by Crippen LogP contribution is 2.19. The summed E-state index contributed by atoms with van der Waals surface area (Å²) in [6, 6.07) is 0. The molecule has 0 atom stereocenters. The minimum absolute atomic E-state index is 0. The SMILES string of the molecule is C=CCC(CC=C)CCCCCCCCCCCNC.Cl. The number of hydrogen-bond donors (Lipinski definition) is 1. The van der Waals surface area contributed by atoms with Crippen LogP contribution in [0.25, 0.3) is 0 Å². The van der Waals surface area contributed by atoms with Gasteiger partial charge in [-0.2, -0.15) is 0 Å². The van der Waals surface area contributed by atoms with Crippen LogP contribution in [0.2, 0.25) is 0 Å². The van der Waals surface area contributed by atoms with Gasteiger partial charge in [0.2, 0.25) is 0 Å². The number of unbranched alkanes of at least 4 members (excludes halogenated alkanes) is 8. The zero-order valence-corrected chi connectivity index (χ0v) is 15.1. The Bertz CT molecular complexity index is 206. The van der Waals surface area contributed by atoms with E-state index in [0.29, 0.717) is 0 Å². The molecule has 0 aromatic rings. The maximum Gasteiger partial charge on any atom is -0.00519 e. The van der Waals surface area contributed by atoms with Crippen molar-refractivity contribution in [2.75, 3.05) is 13.6 Å². The molecule has 0 saturated heterocycles. The van der Waals surface area contributed by atoms with Gasteiger partial charge in [0.1, 0.15) is 0 Å². The second-order valence-electron chi connectivity index (χ2n) is 5.99. The Morgan fingerprint density at radius 1 is 0.762 bits per heavy atom. The highest BCUT2D eigenvalue weighted by Gasteiger charge is 2.04. The van der Waals surface area contributed by atoms with Gasteiger partial charge in [0, 0.05) is 0 Å². The number of allylic oxidation sites excluding steroid dienone is 2. The van der Waals surface area contributed by atoms with Crippen molar-refractivity contribution in [3.63, 3.8) is 0 Å². The molecule has 2 heteroatoms. The van der Waals surface area contributed by atoms with E-state index in [-0.39, 0.29) is 12.4 Å². The van der Waals surface area contributed by atoms with Gasteiger partial charge >= 0.3 is 0 Å². The molecule has 0 aromatic heterocycles. The van der Waals surface area contributed by atoms with Crippen LogP contribution in [0.1, 0.15) is 77.0 Å². The average molecular weight is 316 g/mol. The van der Waals surface area contributed by atoms with Gasteiger partial charge in [-0.05, 0) is 45.2 Å². The minimum Gasteiger partial charge on any atom is -0.320 e. The molecule has 0 saturated carbocycles. The van der Waals surface area contributed by atoms with Crippen LogP contribution in [0.5, 0.6) is 0 Å². The summed E-state index contributed by atoms with van der Waals surface area (Å²) in [5.74, 6) is 0.789. The van der Waals surface area contributed by atoms with Gasteiger partial charge in [-0.3, -0.25) is 0 Å². The number of nitrogens with one attached hydrogen (secondary N) is 1. The number of hydrogen-bond acceptors (Lipinski definition) is 1. The maximum atomic E-state index is 3.85. The van der Waals surface area contributed by atoms with Crippen molar-refractivity contribution >= 4 is 12.4 Å². The van der Waals surface area contributed by atoms with Crippen LogP contribution in [0.15, 0.2) is 25.3 Å². The molecule has 0 aliphatic carbocycles. The van der Waals surface area contributed by atoms with E-state index in [4.69, 9.17) is 0 Å². The molecular weight excluding hydrogens is 278 g/mol. The van der Waals surface area contributed by atoms with Crippen LogP contribution < -0.4 is 5.32 Å². The largest absolute Gasteiger partial charge is 0.320 e. The van der Waals surface area contributed by atoms with E-state index in [1.807, 2.05) is 7.05 Å². The lowest BCUT2D eigenvalue weighted by Gasteiger charge is -2.12. The summed E-state index contributed by atoms with van der Waals surface area (Å²) in [4.78, 5) is 0. The molecule has 0 aliphatic heterocycles.